The predicted molar refractivity (Wildman–Crippen MR) is 44.3 cm³/mol. The standard InChI is InChI=1S/C9H18O2/c1-6(2)8-9(7(3)4)11-5-10-8/h6-9H,5H2,1-4H3/t8-,9-/m0/s1. The van der Waals surface area contributed by atoms with Crippen LogP contribution in [0.4, 0.5) is 0 Å². The molecule has 0 saturated carbocycles. The van der Waals surface area contributed by atoms with Gasteiger partial charge in [0.2, 0.25) is 0 Å². The van der Waals surface area contributed by atoms with Crippen LogP contribution in [0, 0.1) is 11.8 Å². The molecule has 2 heteroatoms. The van der Waals surface area contributed by atoms with Crippen LogP contribution in [0.3, 0.4) is 0 Å². The van der Waals surface area contributed by atoms with E-state index in [0.717, 1.165) is 0 Å². The monoisotopic (exact) mass is 158 g/mol. The minimum Gasteiger partial charge on any atom is -0.349 e. The highest BCUT2D eigenvalue weighted by Crippen LogP contribution is 2.25. The Morgan fingerprint density at radius 3 is 1.55 bits per heavy atom. The molecule has 0 N–H and O–H groups in total. The molecule has 1 aliphatic heterocycles. The predicted octanol–water partition coefficient (Wildman–Crippen LogP) is 2.04. The molecule has 0 aromatic carbocycles. The highest BCUT2D eigenvalue weighted by molar-refractivity contribution is 4.79. The maximum Gasteiger partial charge on any atom is 0.147 e. The van der Waals surface area contributed by atoms with Crippen molar-refractivity contribution in [1.82, 2.24) is 0 Å². The van der Waals surface area contributed by atoms with Gasteiger partial charge in [-0.3, -0.25) is 0 Å². The Morgan fingerprint density at radius 1 is 0.909 bits per heavy atom. The van der Waals surface area contributed by atoms with E-state index in [-0.39, 0.29) is 0 Å². The molecular formula is C9H18O2. The molecule has 1 fully saturated rings. The summed E-state index contributed by atoms with van der Waals surface area (Å²) >= 11 is 0. The lowest BCUT2D eigenvalue weighted by Crippen LogP contribution is -2.31. The van der Waals surface area contributed by atoms with Gasteiger partial charge in [0.15, 0.2) is 0 Å². The second-order valence-corrected chi connectivity index (χ2v) is 3.87. The summed E-state index contributed by atoms with van der Waals surface area (Å²) in [4.78, 5) is 0. The highest BCUT2D eigenvalue weighted by Gasteiger charge is 2.33. The largest absolute Gasteiger partial charge is 0.349 e. The van der Waals surface area contributed by atoms with E-state index in [1.807, 2.05) is 0 Å². The van der Waals surface area contributed by atoms with E-state index in [0.29, 0.717) is 30.8 Å². The molecule has 66 valence electrons. The Hall–Kier alpha value is -0.0800. The van der Waals surface area contributed by atoms with Gasteiger partial charge in [0.25, 0.3) is 0 Å². The molecule has 0 aromatic heterocycles. The molecule has 0 bridgehead atoms. The second-order valence-electron chi connectivity index (χ2n) is 3.87. The van der Waals surface area contributed by atoms with Crippen LogP contribution in [-0.4, -0.2) is 19.0 Å². The molecule has 0 radical (unpaired) electrons. The molecule has 1 saturated heterocycles. The van der Waals surface area contributed by atoms with Crippen LogP contribution in [0.5, 0.6) is 0 Å². The maximum absolute atomic E-state index is 5.47. The van der Waals surface area contributed by atoms with Crippen molar-refractivity contribution in [1.29, 1.82) is 0 Å². The average molecular weight is 158 g/mol. The number of hydrogen-bond acceptors (Lipinski definition) is 2. The molecule has 1 aliphatic rings. The van der Waals surface area contributed by atoms with Crippen LogP contribution in [0.1, 0.15) is 27.7 Å². The SMILES string of the molecule is CC(C)[C@@H]1OCO[C@H]1C(C)C. The van der Waals surface area contributed by atoms with Gasteiger partial charge in [-0.25, -0.2) is 0 Å². The zero-order valence-electron chi connectivity index (χ0n) is 7.83. The molecule has 1 rings (SSSR count). The van der Waals surface area contributed by atoms with Gasteiger partial charge in [-0.05, 0) is 11.8 Å². The molecule has 11 heavy (non-hydrogen) atoms. The number of ether oxygens (including phenoxy) is 2. The normalized spacial score (nSPS) is 32.2. The smallest absolute Gasteiger partial charge is 0.147 e. The highest BCUT2D eigenvalue weighted by atomic mass is 16.7. The molecule has 2 nitrogen and oxygen atoms in total. The second kappa shape index (κ2) is 3.55. The first-order chi connectivity index (χ1) is 5.13. The summed E-state index contributed by atoms with van der Waals surface area (Å²) < 4.78 is 10.9. The van der Waals surface area contributed by atoms with Gasteiger partial charge >= 0.3 is 0 Å². The maximum atomic E-state index is 5.47. The minimum atomic E-state index is 0.301. The van der Waals surface area contributed by atoms with Crippen molar-refractivity contribution in [3.8, 4) is 0 Å². The quantitative estimate of drug-likeness (QED) is 0.612. The fourth-order valence-corrected chi connectivity index (χ4v) is 1.53. The molecule has 0 unspecified atom stereocenters. The van der Waals surface area contributed by atoms with Crippen LogP contribution in [0.25, 0.3) is 0 Å². The van der Waals surface area contributed by atoms with E-state index in [1.165, 1.54) is 0 Å². The van der Waals surface area contributed by atoms with E-state index in [1.54, 1.807) is 0 Å². The third-order valence-electron chi connectivity index (χ3n) is 2.16. The van der Waals surface area contributed by atoms with Gasteiger partial charge < -0.3 is 9.47 Å². The molecule has 0 amide bonds. The molecule has 1 heterocycles. The van der Waals surface area contributed by atoms with Gasteiger partial charge in [-0.2, -0.15) is 0 Å². The van der Waals surface area contributed by atoms with Crippen LogP contribution >= 0.6 is 0 Å². The lowest BCUT2D eigenvalue weighted by Gasteiger charge is -2.22. The first kappa shape index (κ1) is 9.01. The van der Waals surface area contributed by atoms with E-state index >= 15 is 0 Å². The van der Waals surface area contributed by atoms with Crippen molar-refractivity contribution in [2.75, 3.05) is 6.79 Å². The molecule has 0 aliphatic carbocycles. The van der Waals surface area contributed by atoms with E-state index in [2.05, 4.69) is 27.7 Å². The van der Waals surface area contributed by atoms with Crippen molar-refractivity contribution < 1.29 is 9.47 Å². The minimum absolute atomic E-state index is 0.301. The van der Waals surface area contributed by atoms with E-state index in [9.17, 15) is 0 Å². The number of rotatable bonds is 2. The molecule has 0 aromatic rings. The van der Waals surface area contributed by atoms with Gasteiger partial charge in [-0.15, -0.1) is 0 Å². The Labute approximate surface area is 68.9 Å². The first-order valence-electron chi connectivity index (χ1n) is 4.36. The van der Waals surface area contributed by atoms with Crippen LogP contribution in [-0.2, 0) is 9.47 Å². The third kappa shape index (κ3) is 1.94. The summed E-state index contributed by atoms with van der Waals surface area (Å²) in [5, 5.41) is 0. The topological polar surface area (TPSA) is 18.5 Å². The third-order valence-corrected chi connectivity index (χ3v) is 2.16. The zero-order valence-corrected chi connectivity index (χ0v) is 7.83. The summed E-state index contributed by atoms with van der Waals surface area (Å²) in [6, 6.07) is 0. The van der Waals surface area contributed by atoms with Crippen LogP contribution in [0.15, 0.2) is 0 Å². The Kier molecular flexibility index (Phi) is 2.90. The lowest BCUT2D eigenvalue weighted by atomic mass is 9.94. The van der Waals surface area contributed by atoms with Gasteiger partial charge in [0.1, 0.15) is 6.79 Å². The lowest BCUT2D eigenvalue weighted by molar-refractivity contribution is 0.0273. The van der Waals surface area contributed by atoms with Gasteiger partial charge in [0, 0.05) is 0 Å². The van der Waals surface area contributed by atoms with E-state index < -0.39 is 0 Å². The van der Waals surface area contributed by atoms with Crippen LogP contribution < -0.4 is 0 Å². The zero-order chi connectivity index (χ0) is 8.43. The molecule has 2 atom stereocenters. The van der Waals surface area contributed by atoms with Crippen molar-refractivity contribution in [2.45, 2.75) is 39.9 Å². The fraction of sp³-hybridized carbons (Fsp3) is 1.00. The van der Waals surface area contributed by atoms with Crippen molar-refractivity contribution in [3.05, 3.63) is 0 Å². The van der Waals surface area contributed by atoms with Gasteiger partial charge in [0.05, 0.1) is 12.2 Å². The summed E-state index contributed by atoms with van der Waals surface area (Å²) in [6.07, 6.45) is 0.602. The fourth-order valence-electron chi connectivity index (χ4n) is 1.53. The Balaban J connectivity index is 2.51. The number of hydrogen-bond donors (Lipinski definition) is 0. The first-order valence-corrected chi connectivity index (χ1v) is 4.36. The molecule has 0 spiro atoms. The molecular weight excluding hydrogens is 140 g/mol. The summed E-state index contributed by atoms with van der Waals surface area (Å²) in [7, 11) is 0. The van der Waals surface area contributed by atoms with Crippen molar-refractivity contribution >= 4 is 0 Å². The Morgan fingerprint density at radius 2 is 1.27 bits per heavy atom. The van der Waals surface area contributed by atoms with Crippen LogP contribution in [0.2, 0.25) is 0 Å². The van der Waals surface area contributed by atoms with E-state index in [4.69, 9.17) is 9.47 Å². The summed E-state index contributed by atoms with van der Waals surface area (Å²) in [6.45, 7) is 9.18. The van der Waals surface area contributed by atoms with Gasteiger partial charge in [-0.1, -0.05) is 27.7 Å². The average Bonchev–Trinajstić information content (AvgIpc) is 2.32. The van der Waals surface area contributed by atoms with Crippen molar-refractivity contribution in [3.63, 3.8) is 0 Å². The Bertz CT molecular complexity index is 107. The summed E-state index contributed by atoms with van der Waals surface area (Å²) in [5.41, 5.74) is 0. The summed E-state index contributed by atoms with van der Waals surface area (Å²) in [5.74, 6) is 1.12. The van der Waals surface area contributed by atoms with Crippen molar-refractivity contribution in [2.24, 2.45) is 11.8 Å².